The largest absolute Gasteiger partial charge is 0.351 e. The number of pyridine rings is 1. The van der Waals surface area contributed by atoms with E-state index in [9.17, 15) is 9.59 Å². The van der Waals surface area contributed by atoms with E-state index in [2.05, 4.69) is 10.2 Å². The molecular weight excluding hydrogens is 338 g/mol. The van der Waals surface area contributed by atoms with Crippen LogP contribution in [-0.2, 0) is 4.79 Å². The SMILES string of the molecule is Cc1cc2nnc(SCC(=O)NC(N)=O)n2c2ccc(Cl)cc12. The first kappa shape index (κ1) is 15.6. The van der Waals surface area contributed by atoms with Gasteiger partial charge >= 0.3 is 6.03 Å². The molecule has 0 aliphatic rings. The molecule has 1 aromatic carbocycles. The van der Waals surface area contributed by atoms with Gasteiger partial charge in [0.25, 0.3) is 0 Å². The third-order valence-corrected chi connectivity index (χ3v) is 4.39. The third kappa shape index (κ3) is 3.08. The monoisotopic (exact) mass is 349 g/mol. The summed E-state index contributed by atoms with van der Waals surface area (Å²) < 4.78 is 1.85. The van der Waals surface area contributed by atoms with Crippen molar-refractivity contribution in [3.8, 4) is 0 Å². The Morgan fingerprint density at radius 3 is 2.87 bits per heavy atom. The lowest BCUT2D eigenvalue weighted by Crippen LogP contribution is -2.36. The minimum atomic E-state index is -0.877. The van der Waals surface area contributed by atoms with E-state index in [0.717, 1.165) is 16.5 Å². The molecule has 0 saturated heterocycles. The summed E-state index contributed by atoms with van der Waals surface area (Å²) in [4.78, 5) is 22.2. The maximum atomic E-state index is 11.5. The molecule has 0 radical (unpaired) electrons. The van der Waals surface area contributed by atoms with Gasteiger partial charge in [-0.15, -0.1) is 10.2 Å². The number of halogens is 1. The van der Waals surface area contributed by atoms with E-state index in [-0.39, 0.29) is 5.75 Å². The molecule has 7 nitrogen and oxygen atoms in total. The molecule has 0 bridgehead atoms. The number of nitrogens with zero attached hydrogens (tertiary/aromatic N) is 3. The van der Waals surface area contributed by atoms with Crippen LogP contribution in [0.15, 0.2) is 29.4 Å². The molecule has 0 unspecified atom stereocenters. The summed E-state index contributed by atoms with van der Waals surface area (Å²) in [6.45, 7) is 1.97. The van der Waals surface area contributed by atoms with Gasteiger partial charge in [0.15, 0.2) is 10.8 Å². The zero-order valence-corrected chi connectivity index (χ0v) is 13.6. The van der Waals surface area contributed by atoms with Crippen LogP contribution in [0.1, 0.15) is 5.56 Å². The van der Waals surface area contributed by atoms with Gasteiger partial charge in [-0.25, -0.2) is 4.79 Å². The highest BCUT2D eigenvalue weighted by atomic mass is 35.5. The molecule has 3 rings (SSSR count). The average molecular weight is 350 g/mol. The number of amides is 3. The van der Waals surface area contributed by atoms with Crippen LogP contribution in [0.25, 0.3) is 16.6 Å². The van der Waals surface area contributed by atoms with E-state index in [1.807, 2.05) is 34.8 Å². The summed E-state index contributed by atoms with van der Waals surface area (Å²) in [6.07, 6.45) is 0. The number of nitrogens with two attached hydrogens (primary N) is 1. The lowest BCUT2D eigenvalue weighted by molar-refractivity contribution is -0.117. The first-order valence-electron chi connectivity index (χ1n) is 6.62. The maximum absolute atomic E-state index is 11.5. The number of fused-ring (bicyclic) bond motifs is 3. The number of aromatic nitrogens is 3. The lowest BCUT2D eigenvalue weighted by atomic mass is 10.1. The van der Waals surface area contributed by atoms with Gasteiger partial charge in [-0.05, 0) is 36.8 Å². The van der Waals surface area contributed by atoms with Crippen molar-refractivity contribution in [2.24, 2.45) is 5.73 Å². The van der Waals surface area contributed by atoms with E-state index >= 15 is 0 Å². The number of imide groups is 1. The number of benzene rings is 1. The molecule has 118 valence electrons. The van der Waals surface area contributed by atoms with E-state index in [1.54, 1.807) is 6.07 Å². The first-order valence-corrected chi connectivity index (χ1v) is 7.98. The Morgan fingerprint density at radius 2 is 2.13 bits per heavy atom. The summed E-state index contributed by atoms with van der Waals surface area (Å²) in [5.74, 6) is -0.481. The fraction of sp³-hybridized carbons (Fsp3) is 0.143. The smallest absolute Gasteiger partial charge is 0.318 e. The Kier molecular flexibility index (Phi) is 4.10. The molecule has 0 aliphatic carbocycles. The van der Waals surface area contributed by atoms with Crippen molar-refractivity contribution in [1.82, 2.24) is 19.9 Å². The van der Waals surface area contributed by atoms with Crippen molar-refractivity contribution in [2.45, 2.75) is 12.1 Å². The van der Waals surface area contributed by atoms with Crippen LogP contribution in [0, 0.1) is 6.92 Å². The molecule has 3 amide bonds. The molecule has 0 spiro atoms. The lowest BCUT2D eigenvalue weighted by Gasteiger charge is -2.07. The van der Waals surface area contributed by atoms with Gasteiger partial charge in [0.1, 0.15) is 0 Å². The number of aryl methyl sites for hydroxylation is 1. The van der Waals surface area contributed by atoms with E-state index < -0.39 is 11.9 Å². The number of hydrogen-bond acceptors (Lipinski definition) is 5. The minimum Gasteiger partial charge on any atom is -0.351 e. The Balaban J connectivity index is 2.02. The van der Waals surface area contributed by atoms with Gasteiger partial charge in [-0.1, -0.05) is 23.4 Å². The summed E-state index contributed by atoms with van der Waals surface area (Å²) in [5.41, 5.74) is 7.52. The number of carbonyl (C=O) groups is 2. The van der Waals surface area contributed by atoms with Crippen LogP contribution >= 0.6 is 23.4 Å². The quantitative estimate of drug-likeness (QED) is 0.705. The Morgan fingerprint density at radius 1 is 1.35 bits per heavy atom. The average Bonchev–Trinajstić information content (AvgIpc) is 2.87. The van der Waals surface area contributed by atoms with Gasteiger partial charge in [0, 0.05) is 10.4 Å². The minimum absolute atomic E-state index is 0.00664. The second-order valence-corrected chi connectivity index (χ2v) is 6.25. The van der Waals surface area contributed by atoms with Crippen LogP contribution in [0.5, 0.6) is 0 Å². The van der Waals surface area contributed by atoms with Gasteiger partial charge < -0.3 is 5.73 Å². The first-order chi connectivity index (χ1) is 11.0. The summed E-state index contributed by atoms with van der Waals surface area (Å²) in [7, 11) is 0. The molecule has 9 heteroatoms. The predicted octanol–water partition coefficient (Wildman–Crippen LogP) is 2.13. The third-order valence-electron chi connectivity index (χ3n) is 3.22. The van der Waals surface area contributed by atoms with Crippen LogP contribution in [-0.4, -0.2) is 32.3 Å². The normalized spacial score (nSPS) is 11.0. The molecule has 0 aliphatic heterocycles. The van der Waals surface area contributed by atoms with Gasteiger partial charge in [0.2, 0.25) is 5.91 Å². The van der Waals surface area contributed by atoms with Gasteiger partial charge in [-0.3, -0.25) is 14.5 Å². The second-order valence-electron chi connectivity index (χ2n) is 4.87. The second kappa shape index (κ2) is 6.05. The highest BCUT2D eigenvalue weighted by Gasteiger charge is 2.14. The Hall–Kier alpha value is -2.32. The highest BCUT2D eigenvalue weighted by molar-refractivity contribution is 7.99. The molecule has 0 saturated carbocycles. The van der Waals surface area contributed by atoms with Crippen molar-refractivity contribution in [1.29, 1.82) is 0 Å². The van der Waals surface area contributed by atoms with Crippen LogP contribution in [0.4, 0.5) is 4.79 Å². The topological polar surface area (TPSA) is 102 Å². The van der Waals surface area contributed by atoms with Crippen LogP contribution in [0.2, 0.25) is 5.02 Å². The summed E-state index contributed by atoms with van der Waals surface area (Å²) >= 11 is 7.23. The maximum Gasteiger partial charge on any atom is 0.318 e. The Labute approximate surface area is 140 Å². The summed E-state index contributed by atoms with van der Waals surface area (Å²) in [6, 6.07) is 6.57. The van der Waals surface area contributed by atoms with Gasteiger partial charge in [0.05, 0.1) is 11.3 Å². The van der Waals surface area contributed by atoms with Crippen molar-refractivity contribution in [3.63, 3.8) is 0 Å². The molecule has 3 aromatic rings. The van der Waals surface area contributed by atoms with Crippen LogP contribution < -0.4 is 11.1 Å². The number of thioether (sulfide) groups is 1. The van der Waals surface area contributed by atoms with E-state index in [1.165, 1.54) is 11.8 Å². The number of rotatable bonds is 3. The summed E-state index contributed by atoms with van der Waals surface area (Å²) in [5, 5.41) is 12.4. The van der Waals surface area contributed by atoms with Gasteiger partial charge in [-0.2, -0.15) is 0 Å². The van der Waals surface area contributed by atoms with Crippen molar-refractivity contribution in [3.05, 3.63) is 34.9 Å². The van der Waals surface area contributed by atoms with Crippen molar-refractivity contribution < 1.29 is 9.59 Å². The fourth-order valence-electron chi connectivity index (χ4n) is 2.29. The number of urea groups is 1. The number of nitrogens with one attached hydrogen (secondary N) is 1. The predicted molar refractivity (Wildman–Crippen MR) is 88.7 cm³/mol. The molecule has 2 heterocycles. The van der Waals surface area contributed by atoms with Crippen LogP contribution in [0.3, 0.4) is 0 Å². The molecule has 0 atom stereocenters. The Bertz CT molecular complexity index is 940. The van der Waals surface area contributed by atoms with E-state index in [0.29, 0.717) is 15.8 Å². The highest BCUT2D eigenvalue weighted by Crippen LogP contribution is 2.27. The number of carbonyl (C=O) groups excluding carboxylic acids is 2. The zero-order chi connectivity index (χ0) is 16.6. The van der Waals surface area contributed by atoms with Crippen molar-refractivity contribution >= 4 is 51.9 Å². The molecular formula is C14H12ClN5O2S. The number of primary amides is 1. The molecule has 2 aromatic heterocycles. The zero-order valence-electron chi connectivity index (χ0n) is 12.0. The molecule has 3 N–H and O–H groups in total. The van der Waals surface area contributed by atoms with Crippen molar-refractivity contribution in [2.75, 3.05) is 5.75 Å². The van der Waals surface area contributed by atoms with E-state index in [4.69, 9.17) is 17.3 Å². The fourth-order valence-corrected chi connectivity index (χ4v) is 3.21. The standard InChI is InChI=1S/C14H12ClN5O2S/c1-7-4-11-18-19-14(23-6-12(21)17-13(16)22)20(11)10-3-2-8(15)5-9(7)10/h2-5H,6H2,1H3,(H3,16,17,21,22). The number of hydrogen-bond donors (Lipinski definition) is 2. The molecule has 23 heavy (non-hydrogen) atoms. The molecule has 0 fully saturated rings.